The molecule has 6 nitrogen and oxygen atoms in total. The molecular formula is C22H29N3O3S2. The molecule has 1 N–H and O–H groups in total. The van der Waals surface area contributed by atoms with Gasteiger partial charge in [0.2, 0.25) is 5.91 Å². The van der Waals surface area contributed by atoms with Gasteiger partial charge < -0.3 is 5.32 Å². The number of hydrogen-bond donors (Lipinski definition) is 1. The Hall–Kier alpha value is -1.74. The number of piperidine rings is 1. The molecule has 4 rings (SSSR count). The SMILES string of the molecule is O=C(NC[C@@H](c1ccccc1)N1CCCC1)C1CCN(S(=O)(=O)c2cccs2)CC1. The van der Waals surface area contributed by atoms with E-state index in [1.165, 1.54) is 34.0 Å². The molecule has 2 saturated heterocycles. The summed E-state index contributed by atoms with van der Waals surface area (Å²) in [6, 6.07) is 13.9. The quantitative estimate of drug-likeness (QED) is 0.708. The number of hydrogen-bond acceptors (Lipinski definition) is 5. The normalized spacial score (nSPS) is 20.3. The number of sulfonamides is 1. The summed E-state index contributed by atoms with van der Waals surface area (Å²) in [5.41, 5.74) is 1.23. The molecule has 30 heavy (non-hydrogen) atoms. The van der Waals surface area contributed by atoms with E-state index >= 15 is 0 Å². The zero-order valence-corrected chi connectivity index (χ0v) is 18.7. The van der Waals surface area contributed by atoms with Crippen LogP contribution in [0.1, 0.15) is 37.3 Å². The van der Waals surface area contributed by atoms with Crippen LogP contribution in [0.4, 0.5) is 0 Å². The molecule has 0 spiro atoms. The first-order chi connectivity index (χ1) is 14.6. The minimum atomic E-state index is -3.43. The molecule has 2 aromatic rings. The van der Waals surface area contributed by atoms with Crippen molar-refractivity contribution in [2.75, 3.05) is 32.7 Å². The second-order valence-corrected chi connectivity index (χ2v) is 11.1. The number of nitrogens with one attached hydrogen (secondary N) is 1. The average Bonchev–Trinajstić information content (AvgIpc) is 3.49. The molecule has 2 aliphatic rings. The van der Waals surface area contributed by atoms with E-state index in [1.54, 1.807) is 17.5 Å². The molecule has 0 radical (unpaired) electrons. The molecule has 0 bridgehead atoms. The Morgan fingerprint density at radius 3 is 2.37 bits per heavy atom. The minimum absolute atomic E-state index is 0.0447. The predicted molar refractivity (Wildman–Crippen MR) is 119 cm³/mol. The Kier molecular flexibility index (Phi) is 6.87. The predicted octanol–water partition coefficient (Wildman–Crippen LogP) is 3.10. The summed E-state index contributed by atoms with van der Waals surface area (Å²) in [5, 5.41) is 4.94. The Labute approximate surface area is 182 Å². The highest BCUT2D eigenvalue weighted by atomic mass is 32.2. The Morgan fingerprint density at radius 2 is 1.73 bits per heavy atom. The van der Waals surface area contributed by atoms with Crippen LogP contribution >= 0.6 is 11.3 Å². The van der Waals surface area contributed by atoms with E-state index in [0.717, 1.165) is 13.1 Å². The van der Waals surface area contributed by atoms with E-state index in [9.17, 15) is 13.2 Å². The van der Waals surface area contributed by atoms with Crippen LogP contribution in [0.25, 0.3) is 0 Å². The first-order valence-electron chi connectivity index (χ1n) is 10.7. The molecular weight excluding hydrogens is 418 g/mol. The van der Waals surface area contributed by atoms with Crippen molar-refractivity contribution in [2.45, 2.75) is 35.9 Å². The molecule has 3 heterocycles. The van der Waals surface area contributed by atoms with E-state index in [1.807, 2.05) is 18.2 Å². The van der Waals surface area contributed by atoms with Crippen LogP contribution in [-0.4, -0.2) is 56.3 Å². The van der Waals surface area contributed by atoms with Crippen molar-refractivity contribution in [1.29, 1.82) is 0 Å². The highest BCUT2D eigenvalue weighted by molar-refractivity contribution is 7.91. The van der Waals surface area contributed by atoms with Crippen molar-refractivity contribution in [1.82, 2.24) is 14.5 Å². The molecule has 2 aliphatic heterocycles. The van der Waals surface area contributed by atoms with Crippen LogP contribution in [0.3, 0.4) is 0 Å². The second kappa shape index (κ2) is 9.60. The number of likely N-dealkylation sites (tertiary alicyclic amines) is 1. The molecule has 1 amide bonds. The lowest BCUT2D eigenvalue weighted by Crippen LogP contribution is -2.44. The third kappa shape index (κ3) is 4.77. The Bertz CT molecular complexity index is 918. The molecule has 1 atom stereocenters. The molecule has 1 aromatic carbocycles. The van der Waals surface area contributed by atoms with Gasteiger partial charge in [-0.1, -0.05) is 36.4 Å². The Balaban J connectivity index is 1.33. The summed E-state index contributed by atoms with van der Waals surface area (Å²) in [5.74, 6) is -0.0851. The summed E-state index contributed by atoms with van der Waals surface area (Å²) in [7, 11) is -3.43. The van der Waals surface area contributed by atoms with Crippen molar-refractivity contribution in [2.24, 2.45) is 5.92 Å². The van der Waals surface area contributed by atoms with E-state index in [4.69, 9.17) is 0 Å². The maximum absolute atomic E-state index is 12.8. The lowest BCUT2D eigenvalue weighted by atomic mass is 9.97. The lowest BCUT2D eigenvalue weighted by molar-refractivity contribution is -0.126. The van der Waals surface area contributed by atoms with Crippen LogP contribution in [0.2, 0.25) is 0 Å². The fourth-order valence-electron chi connectivity index (χ4n) is 4.42. The van der Waals surface area contributed by atoms with Gasteiger partial charge in [-0.2, -0.15) is 4.31 Å². The van der Waals surface area contributed by atoms with Gasteiger partial charge in [0, 0.05) is 25.6 Å². The van der Waals surface area contributed by atoms with Crippen LogP contribution in [0, 0.1) is 5.92 Å². The van der Waals surface area contributed by atoms with Gasteiger partial charge in [0.25, 0.3) is 10.0 Å². The number of nitrogens with zero attached hydrogens (tertiary/aromatic N) is 2. The largest absolute Gasteiger partial charge is 0.354 e. The summed E-state index contributed by atoms with van der Waals surface area (Å²) in [6.07, 6.45) is 3.54. The summed E-state index contributed by atoms with van der Waals surface area (Å²) in [4.78, 5) is 15.3. The van der Waals surface area contributed by atoms with Crippen molar-refractivity contribution in [3.05, 3.63) is 53.4 Å². The monoisotopic (exact) mass is 447 g/mol. The molecule has 162 valence electrons. The third-order valence-corrected chi connectivity index (χ3v) is 9.42. The first kappa shape index (κ1) is 21.5. The van der Waals surface area contributed by atoms with Crippen molar-refractivity contribution in [3.63, 3.8) is 0 Å². The second-order valence-electron chi connectivity index (χ2n) is 8.03. The molecule has 0 saturated carbocycles. The van der Waals surface area contributed by atoms with Gasteiger partial charge in [-0.05, 0) is 55.8 Å². The molecule has 0 unspecified atom stereocenters. The number of rotatable bonds is 7. The number of carbonyl (C=O) groups excluding carboxylic acids is 1. The van der Waals surface area contributed by atoms with Crippen LogP contribution in [-0.2, 0) is 14.8 Å². The fourth-order valence-corrected chi connectivity index (χ4v) is 7.04. The topological polar surface area (TPSA) is 69.7 Å². The van der Waals surface area contributed by atoms with Crippen LogP contribution in [0.15, 0.2) is 52.1 Å². The minimum Gasteiger partial charge on any atom is -0.354 e. The molecule has 8 heteroatoms. The van der Waals surface area contributed by atoms with Crippen LogP contribution in [0.5, 0.6) is 0 Å². The van der Waals surface area contributed by atoms with Crippen molar-refractivity contribution < 1.29 is 13.2 Å². The summed E-state index contributed by atoms with van der Waals surface area (Å²) >= 11 is 1.24. The smallest absolute Gasteiger partial charge is 0.252 e. The third-order valence-electron chi connectivity index (χ3n) is 6.15. The highest BCUT2D eigenvalue weighted by Crippen LogP contribution is 2.27. The molecule has 2 fully saturated rings. The number of amides is 1. The zero-order valence-electron chi connectivity index (χ0n) is 17.1. The maximum atomic E-state index is 12.8. The van der Waals surface area contributed by atoms with Crippen molar-refractivity contribution >= 4 is 27.3 Å². The average molecular weight is 448 g/mol. The fraction of sp³-hybridized carbons (Fsp3) is 0.500. The zero-order chi connectivity index (χ0) is 21.0. The van der Waals surface area contributed by atoms with Gasteiger partial charge >= 0.3 is 0 Å². The van der Waals surface area contributed by atoms with Gasteiger partial charge in [0.1, 0.15) is 4.21 Å². The Morgan fingerprint density at radius 1 is 1.03 bits per heavy atom. The molecule has 1 aromatic heterocycles. The van der Waals surface area contributed by atoms with Gasteiger partial charge in [-0.15, -0.1) is 11.3 Å². The van der Waals surface area contributed by atoms with Gasteiger partial charge in [-0.3, -0.25) is 9.69 Å². The molecule has 0 aliphatic carbocycles. The van der Waals surface area contributed by atoms with E-state index in [2.05, 4.69) is 22.3 Å². The van der Waals surface area contributed by atoms with Gasteiger partial charge in [0.05, 0.1) is 6.04 Å². The standard InChI is InChI=1S/C22H29N3O3S2/c26-22(19-10-14-25(15-11-19)30(27,28)21-9-6-16-29-21)23-17-20(24-12-4-5-13-24)18-7-2-1-3-8-18/h1-3,6-9,16,19-20H,4-5,10-15,17H2,(H,23,26)/t20-/m0/s1. The van der Waals surface area contributed by atoms with E-state index in [-0.39, 0.29) is 17.9 Å². The lowest BCUT2D eigenvalue weighted by Gasteiger charge is -2.32. The summed E-state index contributed by atoms with van der Waals surface area (Å²) < 4.78 is 27.2. The number of benzene rings is 1. The van der Waals surface area contributed by atoms with Crippen LogP contribution < -0.4 is 5.32 Å². The van der Waals surface area contributed by atoms with Gasteiger partial charge in [0.15, 0.2) is 0 Å². The van der Waals surface area contributed by atoms with Gasteiger partial charge in [-0.25, -0.2) is 8.42 Å². The highest BCUT2D eigenvalue weighted by Gasteiger charge is 2.33. The number of thiophene rings is 1. The summed E-state index contributed by atoms with van der Waals surface area (Å²) in [6.45, 7) is 3.51. The number of carbonyl (C=O) groups is 1. The van der Waals surface area contributed by atoms with E-state index < -0.39 is 10.0 Å². The van der Waals surface area contributed by atoms with Crippen molar-refractivity contribution in [3.8, 4) is 0 Å². The van der Waals surface area contributed by atoms with E-state index in [0.29, 0.717) is 36.7 Å². The maximum Gasteiger partial charge on any atom is 0.252 e. The first-order valence-corrected chi connectivity index (χ1v) is 13.0.